The molecule has 3 N–H and O–H groups in total. The first-order chi connectivity index (χ1) is 17.3. The summed E-state index contributed by atoms with van der Waals surface area (Å²) >= 11 is 0. The van der Waals surface area contributed by atoms with E-state index in [4.69, 9.17) is 14.5 Å². The van der Waals surface area contributed by atoms with Crippen LogP contribution in [0.4, 0.5) is 11.6 Å². The molecule has 0 saturated heterocycles. The Kier molecular flexibility index (Phi) is 5.48. The fourth-order valence-electron chi connectivity index (χ4n) is 4.02. The zero-order valence-electron chi connectivity index (χ0n) is 18.8. The molecule has 0 unspecified atom stereocenters. The van der Waals surface area contributed by atoms with Crippen LogP contribution in [-0.4, -0.2) is 31.9 Å². The molecule has 0 radical (unpaired) electrons. The molecule has 1 aliphatic rings. The third kappa shape index (κ3) is 4.39. The van der Waals surface area contributed by atoms with Crippen molar-refractivity contribution < 1.29 is 9.47 Å². The van der Waals surface area contributed by atoms with Gasteiger partial charge in [-0.1, -0.05) is 48.5 Å². The van der Waals surface area contributed by atoms with Crippen LogP contribution in [0.15, 0.2) is 91.3 Å². The summed E-state index contributed by atoms with van der Waals surface area (Å²) in [4.78, 5) is 14.1. The van der Waals surface area contributed by atoms with Crippen molar-refractivity contribution >= 4 is 22.7 Å². The Morgan fingerprint density at radius 1 is 0.971 bits per heavy atom. The molecule has 5 aromatic rings. The van der Waals surface area contributed by atoms with Crippen molar-refractivity contribution in [3.05, 3.63) is 102 Å². The van der Waals surface area contributed by atoms with E-state index in [1.807, 2.05) is 53.4 Å². The summed E-state index contributed by atoms with van der Waals surface area (Å²) in [5.74, 6) is 1.73. The molecule has 35 heavy (non-hydrogen) atoms. The van der Waals surface area contributed by atoms with Gasteiger partial charge < -0.3 is 19.8 Å². The van der Waals surface area contributed by atoms with Crippen LogP contribution in [0.1, 0.15) is 11.1 Å². The van der Waals surface area contributed by atoms with E-state index < -0.39 is 0 Å². The largest absolute Gasteiger partial charge is 0.459 e. The van der Waals surface area contributed by atoms with Gasteiger partial charge in [-0.25, -0.2) is 4.98 Å². The van der Waals surface area contributed by atoms with Crippen molar-refractivity contribution in [2.45, 2.75) is 13.1 Å². The van der Waals surface area contributed by atoms with Gasteiger partial charge in [0, 0.05) is 17.8 Å². The summed E-state index contributed by atoms with van der Waals surface area (Å²) in [6.07, 6.45) is 3.30. The number of para-hydroxylation sites is 1. The Morgan fingerprint density at radius 3 is 2.74 bits per heavy atom. The number of aromatic nitrogens is 5. The standard InChI is InChI=1S/C26H23N7O2/c1-2-6-18(7-3-1)14-33(24-15-34-17-35-24)26-30-25(31-32-26)20-8-4-5-9-21(20)27-13-19-10-11-22-23(12-19)29-16-28-22/h1-12,15-16,27H,13-14,17H2,(H,28,29)(H,30,31,32). The number of fused-ring (bicyclic) bond motifs is 1. The number of H-pyrrole nitrogens is 2. The van der Waals surface area contributed by atoms with Gasteiger partial charge in [0.25, 0.3) is 5.95 Å². The molecule has 0 saturated carbocycles. The highest BCUT2D eigenvalue weighted by Gasteiger charge is 2.23. The lowest BCUT2D eigenvalue weighted by molar-refractivity contribution is 0.0780. The molecule has 0 spiro atoms. The second-order valence-corrected chi connectivity index (χ2v) is 8.09. The summed E-state index contributed by atoms with van der Waals surface area (Å²) in [6, 6.07) is 24.3. The average molecular weight is 466 g/mol. The van der Waals surface area contributed by atoms with Crippen molar-refractivity contribution in [2.75, 3.05) is 17.0 Å². The second kappa shape index (κ2) is 9.22. The van der Waals surface area contributed by atoms with E-state index >= 15 is 0 Å². The maximum atomic E-state index is 5.64. The lowest BCUT2D eigenvalue weighted by Crippen LogP contribution is -2.23. The van der Waals surface area contributed by atoms with Gasteiger partial charge in [-0.15, -0.1) is 5.10 Å². The second-order valence-electron chi connectivity index (χ2n) is 8.09. The van der Waals surface area contributed by atoms with E-state index in [-0.39, 0.29) is 6.79 Å². The summed E-state index contributed by atoms with van der Waals surface area (Å²) < 4.78 is 10.9. The quantitative estimate of drug-likeness (QED) is 0.303. The molecule has 1 aliphatic heterocycles. The predicted octanol–water partition coefficient (Wildman–Crippen LogP) is 4.77. The molecular formula is C26H23N7O2. The van der Waals surface area contributed by atoms with Gasteiger partial charge in [0.15, 0.2) is 5.82 Å². The number of ether oxygens (including phenoxy) is 2. The third-order valence-corrected chi connectivity index (χ3v) is 5.77. The van der Waals surface area contributed by atoms with Crippen molar-refractivity contribution in [2.24, 2.45) is 0 Å². The minimum atomic E-state index is 0.176. The van der Waals surface area contributed by atoms with Crippen molar-refractivity contribution in [1.29, 1.82) is 0 Å². The predicted molar refractivity (Wildman–Crippen MR) is 133 cm³/mol. The Morgan fingerprint density at radius 2 is 1.86 bits per heavy atom. The molecule has 0 fully saturated rings. The Labute approximate surface area is 201 Å². The zero-order chi connectivity index (χ0) is 23.5. The van der Waals surface area contributed by atoms with E-state index in [1.165, 1.54) is 0 Å². The minimum absolute atomic E-state index is 0.176. The molecule has 6 rings (SSSR count). The monoisotopic (exact) mass is 465 g/mol. The van der Waals surface area contributed by atoms with E-state index in [0.717, 1.165) is 33.4 Å². The summed E-state index contributed by atoms with van der Waals surface area (Å²) in [7, 11) is 0. The first-order valence-corrected chi connectivity index (χ1v) is 11.3. The smallest absolute Gasteiger partial charge is 0.252 e. The van der Waals surface area contributed by atoms with Crippen molar-refractivity contribution in [3.63, 3.8) is 0 Å². The van der Waals surface area contributed by atoms with Gasteiger partial charge in [-0.3, -0.25) is 10.00 Å². The number of rotatable bonds is 8. The van der Waals surface area contributed by atoms with Crippen LogP contribution in [0.3, 0.4) is 0 Å². The molecule has 3 heterocycles. The SMILES string of the molecule is C1=C(N(Cc2ccccc2)c2n[nH]c(-c3ccccc3NCc3ccc4nc[nH]c4c3)n2)OCO1. The number of nitrogens with zero attached hydrogens (tertiary/aromatic N) is 4. The molecule has 0 bridgehead atoms. The average Bonchev–Trinajstić information content (AvgIpc) is 3.69. The van der Waals surface area contributed by atoms with Crippen LogP contribution in [0.25, 0.3) is 22.4 Å². The lowest BCUT2D eigenvalue weighted by Gasteiger charge is -2.20. The highest BCUT2D eigenvalue weighted by molar-refractivity contribution is 5.76. The Hall–Kier alpha value is -4.79. The molecule has 0 amide bonds. The normalized spacial score (nSPS) is 12.7. The molecule has 3 aromatic carbocycles. The van der Waals surface area contributed by atoms with Crippen LogP contribution in [0.5, 0.6) is 0 Å². The van der Waals surface area contributed by atoms with Gasteiger partial charge in [0.2, 0.25) is 12.7 Å². The van der Waals surface area contributed by atoms with Crippen LogP contribution >= 0.6 is 0 Å². The number of imidazole rings is 1. The van der Waals surface area contributed by atoms with Gasteiger partial charge in [0.05, 0.1) is 23.9 Å². The molecule has 0 aliphatic carbocycles. The number of nitrogens with one attached hydrogen (secondary N) is 3. The highest BCUT2D eigenvalue weighted by Crippen LogP contribution is 2.29. The molecule has 0 atom stereocenters. The van der Waals surface area contributed by atoms with Crippen LogP contribution in [0.2, 0.25) is 0 Å². The molecular weight excluding hydrogens is 442 g/mol. The fraction of sp³-hybridized carbons (Fsp3) is 0.115. The van der Waals surface area contributed by atoms with Crippen molar-refractivity contribution in [3.8, 4) is 11.4 Å². The number of hydrogen-bond donors (Lipinski definition) is 3. The Balaban J connectivity index is 1.25. The number of benzene rings is 3. The van der Waals surface area contributed by atoms with Gasteiger partial charge in [-0.05, 0) is 35.4 Å². The highest BCUT2D eigenvalue weighted by atomic mass is 16.7. The number of hydrogen-bond acceptors (Lipinski definition) is 7. The molecule has 174 valence electrons. The third-order valence-electron chi connectivity index (χ3n) is 5.77. The first kappa shape index (κ1) is 20.8. The molecule has 9 heteroatoms. The van der Waals surface area contributed by atoms with E-state index in [0.29, 0.717) is 30.7 Å². The number of aromatic amines is 2. The summed E-state index contributed by atoms with van der Waals surface area (Å²) in [5.41, 5.74) is 6.10. The minimum Gasteiger partial charge on any atom is -0.459 e. The van der Waals surface area contributed by atoms with Gasteiger partial charge >= 0.3 is 0 Å². The maximum absolute atomic E-state index is 5.64. The zero-order valence-corrected chi connectivity index (χ0v) is 18.8. The van der Waals surface area contributed by atoms with Crippen LogP contribution < -0.4 is 10.2 Å². The van der Waals surface area contributed by atoms with E-state index in [1.54, 1.807) is 12.6 Å². The van der Waals surface area contributed by atoms with Gasteiger partial charge in [0.1, 0.15) is 6.26 Å². The maximum Gasteiger partial charge on any atom is 0.252 e. The van der Waals surface area contributed by atoms with Crippen LogP contribution in [0, 0.1) is 0 Å². The van der Waals surface area contributed by atoms with E-state index in [9.17, 15) is 0 Å². The fourth-order valence-corrected chi connectivity index (χ4v) is 4.02. The lowest BCUT2D eigenvalue weighted by atomic mass is 10.1. The van der Waals surface area contributed by atoms with Crippen molar-refractivity contribution in [1.82, 2.24) is 25.1 Å². The first-order valence-electron chi connectivity index (χ1n) is 11.3. The number of anilines is 2. The summed E-state index contributed by atoms with van der Waals surface area (Å²) in [5, 5.41) is 11.1. The van der Waals surface area contributed by atoms with E-state index in [2.05, 4.69) is 49.7 Å². The molecule has 2 aromatic heterocycles. The van der Waals surface area contributed by atoms with Gasteiger partial charge in [-0.2, -0.15) is 4.98 Å². The Bertz CT molecular complexity index is 1480. The summed E-state index contributed by atoms with van der Waals surface area (Å²) in [6.45, 7) is 1.38. The topological polar surface area (TPSA) is 104 Å². The molecule has 9 nitrogen and oxygen atoms in total. The van der Waals surface area contributed by atoms with Crippen LogP contribution in [-0.2, 0) is 22.6 Å².